The van der Waals surface area contributed by atoms with Crippen molar-refractivity contribution in [2.24, 2.45) is 5.50 Å². The van der Waals surface area contributed by atoms with Gasteiger partial charge in [-0.2, -0.15) is 5.26 Å². The summed E-state index contributed by atoms with van der Waals surface area (Å²) in [6.45, 7) is 1.55. The molecule has 1 heterocycles. The number of nitrogens with zero attached hydrogens (tertiary/aromatic N) is 2. The average Bonchev–Trinajstić information content (AvgIpc) is 3.49. The van der Waals surface area contributed by atoms with E-state index in [1.54, 1.807) is 19.6 Å². The van der Waals surface area contributed by atoms with E-state index >= 15 is 0 Å². The van der Waals surface area contributed by atoms with Gasteiger partial charge in [0.2, 0.25) is 5.91 Å². The Morgan fingerprint density at radius 3 is 2.12 bits per heavy atom. The maximum Gasteiger partial charge on any atom is 0.253 e. The summed E-state index contributed by atoms with van der Waals surface area (Å²) < 4.78 is 29.6. The van der Waals surface area contributed by atoms with Crippen molar-refractivity contribution in [2.45, 2.75) is 25.0 Å². The minimum Gasteiger partial charge on any atom is -0.497 e. The van der Waals surface area contributed by atoms with E-state index in [4.69, 9.17) is 34.0 Å². The number of anilines is 1. The Morgan fingerprint density at radius 1 is 1.00 bits per heavy atom. The molecule has 0 fully saturated rings. The highest BCUT2D eigenvalue weighted by Crippen LogP contribution is 2.44. The molecule has 0 saturated heterocycles. The van der Waals surface area contributed by atoms with Crippen molar-refractivity contribution >= 4 is 30.9 Å². The van der Waals surface area contributed by atoms with Crippen molar-refractivity contribution < 1.29 is 28.1 Å². The zero-order chi connectivity index (χ0) is 30.7. The van der Waals surface area contributed by atoms with Gasteiger partial charge in [0, 0.05) is 12.3 Å². The Hall–Kier alpha value is -3.88. The number of carbonyl (C=O) groups is 1. The first-order valence-corrected chi connectivity index (χ1v) is 15.4. The molecular formula is C31H33N4O6PS. The fourth-order valence-corrected chi connectivity index (χ4v) is 5.97. The van der Waals surface area contributed by atoms with Crippen molar-refractivity contribution in [1.82, 2.24) is 4.98 Å². The number of aromatic nitrogens is 1. The molecule has 0 aliphatic carbocycles. The molecule has 2 unspecified atom stereocenters. The largest absolute Gasteiger partial charge is 0.497 e. The molecule has 3 aromatic carbocycles. The van der Waals surface area contributed by atoms with E-state index in [0.717, 1.165) is 16.7 Å². The number of amides is 1. The van der Waals surface area contributed by atoms with Crippen LogP contribution in [0.25, 0.3) is 0 Å². The second kappa shape index (κ2) is 15.5. The van der Waals surface area contributed by atoms with Crippen LogP contribution in [0.15, 0.2) is 84.2 Å². The van der Waals surface area contributed by atoms with Crippen LogP contribution in [0, 0.1) is 11.3 Å². The van der Waals surface area contributed by atoms with E-state index in [2.05, 4.69) is 10.3 Å². The Labute approximate surface area is 256 Å². The number of nitriles is 1. The van der Waals surface area contributed by atoms with Crippen LogP contribution in [0.4, 0.5) is 5.13 Å². The number of ether oxygens (including phenoxy) is 3. The van der Waals surface area contributed by atoms with Gasteiger partial charge in [0.15, 0.2) is 5.13 Å². The van der Waals surface area contributed by atoms with Gasteiger partial charge in [-0.1, -0.05) is 54.6 Å². The summed E-state index contributed by atoms with van der Waals surface area (Å²) in [6, 6.07) is 27.3. The van der Waals surface area contributed by atoms with Crippen molar-refractivity contribution in [3.63, 3.8) is 0 Å². The Morgan fingerprint density at radius 2 is 1.58 bits per heavy atom. The second-order valence-corrected chi connectivity index (χ2v) is 11.1. The average molecular weight is 621 g/mol. The zero-order valence-electron chi connectivity index (χ0n) is 24.1. The fraction of sp³-hybridized carbons (Fsp3) is 0.258. The van der Waals surface area contributed by atoms with Crippen LogP contribution in [-0.4, -0.2) is 38.3 Å². The van der Waals surface area contributed by atoms with Crippen LogP contribution in [0.5, 0.6) is 11.5 Å². The molecule has 12 heteroatoms. The molecule has 3 N–H and O–H groups in total. The minimum absolute atomic E-state index is 0.00778. The predicted molar refractivity (Wildman–Crippen MR) is 166 cm³/mol. The maximum absolute atomic E-state index is 11.7. The zero-order valence-corrected chi connectivity index (χ0v) is 25.8. The number of nitrogens with one attached hydrogen (secondary N) is 1. The highest BCUT2D eigenvalue weighted by Gasteiger charge is 2.39. The van der Waals surface area contributed by atoms with E-state index in [1.165, 1.54) is 18.3 Å². The number of rotatable bonds is 15. The summed E-state index contributed by atoms with van der Waals surface area (Å²) in [4.78, 5) is 16.2. The number of benzene rings is 3. The molecule has 1 aromatic heterocycles. The Balaban J connectivity index is 1.79. The quantitative estimate of drug-likeness (QED) is 0.0891. The molecule has 0 bridgehead atoms. The van der Waals surface area contributed by atoms with Gasteiger partial charge in [0.05, 0.1) is 45.6 Å². The molecule has 224 valence electrons. The minimum atomic E-state index is -1.87. The van der Waals surface area contributed by atoms with Crippen LogP contribution >= 0.6 is 19.9 Å². The third kappa shape index (κ3) is 8.15. The summed E-state index contributed by atoms with van der Waals surface area (Å²) in [7, 11) is 1.37. The second-order valence-electron chi connectivity index (χ2n) is 9.19. The number of hydrogen-bond acceptors (Lipinski definition) is 10. The molecule has 1 amide bonds. The normalized spacial score (nSPS) is 12.6. The fourth-order valence-electron chi connectivity index (χ4n) is 4.42. The highest BCUT2D eigenvalue weighted by molar-refractivity contribution is 7.44. The lowest BCUT2D eigenvalue weighted by Crippen LogP contribution is -2.34. The standard InChI is InChI=1S/C31H33N4O6PS/c1-22(36)34-30-35-28(21-43-30)29(41-42(33)40-19-7-18-32)20-39-31(23-8-5-4-6-9-23,24-10-14-26(37-2)15-11-24)25-12-16-27(38-3)17-13-25/h4-6,8-17,21,29H,7,19-20,33H2,1-3H3,(H,34,35,36). The molecule has 4 rings (SSSR count). The number of thiazole rings is 1. The summed E-state index contributed by atoms with van der Waals surface area (Å²) in [5.41, 5.74) is 8.20. The van der Waals surface area contributed by atoms with Crippen molar-refractivity contribution in [1.29, 1.82) is 5.26 Å². The van der Waals surface area contributed by atoms with Gasteiger partial charge in [0.1, 0.15) is 23.2 Å². The van der Waals surface area contributed by atoms with Gasteiger partial charge in [-0.25, -0.2) is 4.98 Å². The van der Waals surface area contributed by atoms with Crippen molar-refractivity contribution in [2.75, 3.05) is 32.8 Å². The lowest BCUT2D eigenvalue weighted by molar-refractivity contribution is -0.114. The summed E-state index contributed by atoms with van der Waals surface area (Å²) >= 11 is 1.26. The van der Waals surface area contributed by atoms with E-state index < -0.39 is 20.2 Å². The summed E-state index contributed by atoms with van der Waals surface area (Å²) in [5, 5.41) is 13.8. The molecule has 10 nitrogen and oxygen atoms in total. The van der Waals surface area contributed by atoms with Crippen molar-refractivity contribution in [3.05, 3.63) is 107 Å². The molecule has 4 aromatic rings. The molecule has 0 aliphatic rings. The van der Waals surface area contributed by atoms with Crippen molar-refractivity contribution in [3.8, 4) is 17.6 Å². The number of hydrogen-bond donors (Lipinski definition) is 2. The van der Waals surface area contributed by atoms with Gasteiger partial charge in [-0.3, -0.25) is 10.3 Å². The number of carbonyl (C=O) groups excluding carboxylic acids is 1. The van der Waals surface area contributed by atoms with Gasteiger partial charge in [-0.05, 0) is 41.0 Å². The van der Waals surface area contributed by atoms with Gasteiger partial charge >= 0.3 is 0 Å². The van der Waals surface area contributed by atoms with E-state index in [0.29, 0.717) is 22.3 Å². The molecule has 0 saturated carbocycles. The first-order chi connectivity index (χ1) is 20.9. The first-order valence-electron chi connectivity index (χ1n) is 13.3. The van der Waals surface area contributed by atoms with Crippen LogP contribution in [0.3, 0.4) is 0 Å². The molecular weight excluding hydrogens is 587 g/mol. The Kier molecular flexibility index (Phi) is 11.6. The topological polar surface area (TPSA) is 138 Å². The third-order valence-electron chi connectivity index (χ3n) is 6.42. The summed E-state index contributed by atoms with van der Waals surface area (Å²) in [5.74, 6) is 1.17. The summed E-state index contributed by atoms with van der Waals surface area (Å²) in [6.07, 6.45) is -0.591. The molecule has 43 heavy (non-hydrogen) atoms. The molecule has 0 spiro atoms. The predicted octanol–water partition coefficient (Wildman–Crippen LogP) is 6.30. The Bertz CT molecular complexity index is 1450. The highest BCUT2D eigenvalue weighted by atomic mass is 32.1. The maximum atomic E-state index is 11.7. The molecule has 0 radical (unpaired) electrons. The number of methoxy groups -OCH3 is 2. The van der Waals surface area contributed by atoms with Crippen LogP contribution in [0.2, 0.25) is 0 Å². The SMILES string of the molecule is COc1ccc(C(OCC(OP(N)OCCC#N)c2csc(NC(C)=O)n2)(c2ccccc2)c2ccc(OC)cc2)cc1. The van der Waals surface area contributed by atoms with Gasteiger partial charge in [0.25, 0.3) is 8.53 Å². The lowest BCUT2D eigenvalue weighted by Gasteiger charge is -2.37. The third-order valence-corrected chi connectivity index (χ3v) is 8.10. The van der Waals surface area contributed by atoms with Crippen LogP contribution < -0.4 is 20.3 Å². The van der Waals surface area contributed by atoms with Crippen LogP contribution in [-0.2, 0) is 24.2 Å². The first kappa shape index (κ1) is 32.0. The van der Waals surface area contributed by atoms with E-state index in [9.17, 15) is 4.79 Å². The monoisotopic (exact) mass is 620 g/mol. The lowest BCUT2D eigenvalue weighted by atomic mass is 9.80. The smallest absolute Gasteiger partial charge is 0.253 e. The van der Waals surface area contributed by atoms with Crippen LogP contribution in [0.1, 0.15) is 41.8 Å². The van der Waals surface area contributed by atoms with Gasteiger partial charge in [-0.15, -0.1) is 11.3 Å². The number of nitrogens with two attached hydrogens (primary N) is 1. The van der Waals surface area contributed by atoms with E-state index in [-0.39, 0.29) is 25.5 Å². The van der Waals surface area contributed by atoms with E-state index in [1.807, 2.05) is 84.9 Å². The van der Waals surface area contributed by atoms with Gasteiger partial charge < -0.3 is 28.6 Å². The molecule has 0 aliphatic heterocycles. The molecule has 2 atom stereocenters.